The third-order valence-electron chi connectivity index (χ3n) is 3.19. The number of rotatable bonds is 2. The van der Waals surface area contributed by atoms with E-state index in [9.17, 15) is 15.0 Å². The second kappa shape index (κ2) is 4.05. The highest BCUT2D eigenvalue weighted by molar-refractivity contribution is 5.88. The summed E-state index contributed by atoms with van der Waals surface area (Å²) in [7, 11) is 0. The van der Waals surface area contributed by atoms with Gasteiger partial charge >= 0.3 is 0 Å². The number of hydrogen-bond acceptors (Lipinski definition) is 4. The van der Waals surface area contributed by atoms with E-state index in [2.05, 4.69) is 0 Å². The molecule has 0 saturated heterocycles. The molecular weight excluding hydrogens is 246 g/mol. The monoisotopic (exact) mass is 259 g/mol. The molecule has 98 valence electrons. The van der Waals surface area contributed by atoms with Crippen LogP contribution in [-0.4, -0.2) is 14.6 Å². The Morgan fingerprint density at radius 2 is 2.11 bits per heavy atom. The molecule has 0 spiro atoms. The summed E-state index contributed by atoms with van der Waals surface area (Å²) in [6.07, 6.45) is 2.94. The molecule has 5 nitrogen and oxygen atoms in total. The molecule has 0 saturated carbocycles. The number of phenols is 2. The van der Waals surface area contributed by atoms with Crippen LogP contribution in [0, 0.1) is 0 Å². The van der Waals surface area contributed by atoms with Gasteiger partial charge < -0.3 is 14.6 Å². The molecular formula is C14H13NO4. The van der Waals surface area contributed by atoms with Crippen molar-refractivity contribution in [3.8, 4) is 11.5 Å². The minimum Gasteiger partial charge on any atom is -0.507 e. The van der Waals surface area contributed by atoms with E-state index in [0.717, 1.165) is 6.42 Å². The van der Waals surface area contributed by atoms with E-state index in [1.54, 1.807) is 18.3 Å². The molecule has 0 aliphatic rings. The Morgan fingerprint density at radius 1 is 1.32 bits per heavy atom. The van der Waals surface area contributed by atoms with E-state index in [-0.39, 0.29) is 28.0 Å². The average molecular weight is 259 g/mol. The number of aromatic nitrogens is 1. The lowest BCUT2D eigenvalue weighted by Crippen LogP contribution is -2.12. The SMILES string of the molecule is CCCc1c(O)cc(O)c2c(=O)n3cccc3oc12. The maximum absolute atomic E-state index is 12.3. The third kappa shape index (κ3) is 1.58. The van der Waals surface area contributed by atoms with Crippen molar-refractivity contribution in [2.24, 2.45) is 0 Å². The first-order chi connectivity index (χ1) is 9.13. The van der Waals surface area contributed by atoms with E-state index < -0.39 is 0 Å². The summed E-state index contributed by atoms with van der Waals surface area (Å²) in [6.45, 7) is 1.96. The Labute approximate surface area is 108 Å². The molecule has 0 atom stereocenters. The predicted octanol–water partition coefficient (Wildman–Crippen LogP) is 2.41. The minimum atomic E-state index is -0.351. The van der Waals surface area contributed by atoms with Gasteiger partial charge in [0, 0.05) is 23.9 Å². The number of fused-ring (bicyclic) bond motifs is 2. The van der Waals surface area contributed by atoms with Gasteiger partial charge in [-0.3, -0.25) is 9.20 Å². The Bertz CT molecular complexity index is 829. The zero-order valence-electron chi connectivity index (χ0n) is 10.4. The van der Waals surface area contributed by atoms with Gasteiger partial charge in [-0.25, -0.2) is 0 Å². The molecule has 0 amide bonds. The van der Waals surface area contributed by atoms with Crippen molar-refractivity contribution in [1.82, 2.24) is 4.40 Å². The van der Waals surface area contributed by atoms with Gasteiger partial charge in [0.25, 0.3) is 5.56 Å². The molecule has 2 N–H and O–H groups in total. The van der Waals surface area contributed by atoms with Crippen LogP contribution in [0.25, 0.3) is 16.7 Å². The molecule has 1 aromatic carbocycles. The van der Waals surface area contributed by atoms with Gasteiger partial charge in [-0.15, -0.1) is 0 Å². The number of aromatic hydroxyl groups is 2. The van der Waals surface area contributed by atoms with Crippen molar-refractivity contribution in [2.75, 3.05) is 0 Å². The van der Waals surface area contributed by atoms with Gasteiger partial charge in [-0.1, -0.05) is 13.3 Å². The van der Waals surface area contributed by atoms with Gasteiger partial charge in [-0.05, 0) is 12.5 Å². The first-order valence-electron chi connectivity index (χ1n) is 6.11. The first-order valence-corrected chi connectivity index (χ1v) is 6.11. The molecule has 2 heterocycles. The van der Waals surface area contributed by atoms with E-state index >= 15 is 0 Å². The van der Waals surface area contributed by atoms with Crippen LogP contribution in [0.5, 0.6) is 11.5 Å². The molecule has 0 fully saturated rings. The molecule has 0 aliphatic heterocycles. The maximum atomic E-state index is 12.3. The van der Waals surface area contributed by atoms with Gasteiger partial charge in [0.1, 0.15) is 16.9 Å². The number of phenolic OH excluding ortho intramolecular Hbond substituents is 2. The minimum absolute atomic E-state index is 0.0501. The Hall–Kier alpha value is -2.43. The molecule has 3 aromatic rings. The van der Waals surface area contributed by atoms with Crippen molar-refractivity contribution >= 4 is 16.7 Å². The van der Waals surface area contributed by atoms with Crippen molar-refractivity contribution in [3.63, 3.8) is 0 Å². The Kier molecular flexibility index (Phi) is 2.48. The number of aryl methyl sites for hydroxylation is 1. The molecule has 5 heteroatoms. The van der Waals surface area contributed by atoms with E-state index in [0.29, 0.717) is 17.7 Å². The van der Waals surface area contributed by atoms with Crippen LogP contribution >= 0.6 is 0 Å². The highest BCUT2D eigenvalue weighted by Crippen LogP contribution is 2.34. The summed E-state index contributed by atoms with van der Waals surface area (Å²) in [4.78, 5) is 12.3. The van der Waals surface area contributed by atoms with Crippen molar-refractivity contribution < 1.29 is 14.6 Å². The van der Waals surface area contributed by atoms with Crippen LogP contribution in [0.2, 0.25) is 0 Å². The molecule has 2 aromatic heterocycles. The highest BCUT2D eigenvalue weighted by Gasteiger charge is 2.17. The fourth-order valence-corrected chi connectivity index (χ4v) is 2.32. The summed E-state index contributed by atoms with van der Waals surface area (Å²) < 4.78 is 6.98. The lowest BCUT2D eigenvalue weighted by molar-refractivity contribution is 0.446. The topological polar surface area (TPSA) is 75.1 Å². The largest absolute Gasteiger partial charge is 0.507 e. The normalized spacial score (nSPS) is 11.4. The standard InChI is InChI=1S/C14H13NO4/c1-2-4-8-9(16)7-10(17)12-13(8)19-11-5-3-6-15(11)14(12)18/h3,5-7,16-17H,2,4H2,1H3. The fraction of sp³-hybridized carbons (Fsp3) is 0.214. The summed E-state index contributed by atoms with van der Waals surface area (Å²) in [6, 6.07) is 4.55. The van der Waals surface area contributed by atoms with Crippen LogP contribution in [0.15, 0.2) is 33.6 Å². The summed E-state index contributed by atoms with van der Waals surface area (Å²) >= 11 is 0. The summed E-state index contributed by atoms with van der Waals surface area (Å²) in [5, 5.41) is 19.9. The van der Waals surface area contributed by atoms with Crippen LogP contribution in [0.1, 0.15) is 18.9 Å². The van der Waals surface area contributed by atoms with Gasteiger partial charge in [-0.2, -0.15) is 0 Å². The molecule has 0 bridgehead atoms. The van der Waals surface area contributed by atoms with Gasteiger partial charge in [0.05, 0.1) is 0 Å². The van der Waals surface area contributed by atoms with Crippen molar-refractivity contribution in [3.05, 3.63) is 40.3 Å². The quantitative estimate of drug-likeness (QED) is 0.741. The number of benzene rings is 1. The molecule has 3 rings (SSSR count). The second-order valence-corrected chi connectivity index (χ2v) is 4.47. The average Bonchev–Trinajstić information content (AvgIpc) is 2.82. The summed E-state index contributed by atoms with van der Waals surface area (Å²) in [5.41, 5.74) is 0.850. The molecule has 0 aliphatic carbocycles. The maximum Gasteiger partial charge on any atom is 0.272 e. The van der Waals surface area contributed by atoms with Crippen molar-refractivity contribution in [2.45, 2.75) is 19.8 Å². The molecule has 19 heavy (non-hydrogen) atoms. The summed E-state index contributed by atoms with van der Waals surface area (Å²) in [5.74, 6) is -0.317. The van der Waals surface area contributed by atoms with E-state index in [4.69, 9.17) is 4.42 Å². The number of nitrogens with zero attached hydrogens (tertiary/aromatic N) is 1. The first kappa shape index (κ1) is 11.6. The highest BCUT2D eigenvalue weighted by atomic mass is 16.3. The fourth-order valence-electron chi connectivity index (χ4n) is 2.32. The number of hydrogen-bond donors (Lipinski definition) is 2. The Balaban J connectivity index is 2.56. The van der Waals surface area contributed by atoms with Gasteiger partial charge in [0.15, 0.2) is 5.58 Å². The zero-order chi connectivity index (χ0) is 13.6. The zero-order valence-corrected chi connectivity index (χ0v) is 10.4. The van der Waals surface area contributed by atoms with E-state index in [1.165, 1.54) is 10.5 Å². The Morgan fingerprint density at radius 3 is 2.84 bits per heavy atom. The lowest BCUT2D eigenvalue weighted by Gasteiger charge is -2.09. The van der Waals surface area contributed by atoms with Crippen LogP contribution in [-0.2, 0) is 6.42 Å². The lowest BCUT2D eigenvalue weighted by atomic mass is 10.1. The molecule has 0 unspecified atom stereocenters. The van der Waals surface area contributed by atoms with Gasteiger partial charge in [0.2, 0.25) is 5.71 Å². The predicted molar refractivity (Wildman–Crippen MR) is 70.8 cm³/mol. The second-order valence-electron chi connectivity index (χ2n) is 4.47. The van der Waals surface area contributed by atoms with Crippen LogP contribution in [0.3, 0.4) is 0 Å². The van der Waals surface area contributed by atoms with Crippen molar-refractivity contribution in [1.29, 1.82) is 0 Å². The van der Waals surface area contributed by atoms with Crippen LogP contribution < -0.4 is 5.56 Å². The molecule has 0 radical (unpaired) electrons. The van der Waals surface area contributed by atoms with Crippen LogP contribution in [0.4, 0.5) is 0 Å². The smallest absolute Gasteiger partial charge is 0.272 e. The third-order valence-corrected chi connectivity index (χ3v) is 3.19. The van der Waals surface area contributed by atoms with E-state index in [1.807, 2.05) is 6.92 Å².